The van der Waals surface area contributed by atoms with Gasteiger partial charge in [0.2, 0.25) is 5.52 Å². The molecule has 0 radical (unpaired) electrons. The van der Waals surface area contributed by atoms with Crippen LogP contribution in [0.4, 0.5) is 13.2 Å². The lowest BCUT2D eigenvalue weighted by molar-refractivity contribution is -0.985. The number of quaternary nitrogens is 1. The molecule has 230 valence electrons. The third kappa shape index (κ3) is 6.36. The van der Waals surface area contributed by atoms with Crippen molar-refractivity contribution in [3.05, 3.63) is 126 Å². The van der Waals surface area contributed by atoms with Crippen LogP contribution in [-0.4, -0.2) is 28.7 Å². The summed E-state index contributed by atoms with van der Waals surface area (Å²) in [6.45, 7) is 7.04. The van der Waals surface area contributed by atoms with Crippen molar-refractivity contribution in [2.24, 2.45) is 11.8 Å². The van der Waals surface area contributed by atoms with Crippen LogP contribution in [-0.2, 0) is 19.3 Å². The lowest BCUT2D eigenvalue weighted by atomic mass is 9.71. The molecule has 2 bridgehead atoms. The van der Waals surface area contributed by atoms with E-state index in [1.165, 1.54) is 12.1 Å². The molecule has 3 aliphatic rings. The Hall–Kier alpha value is -3.03. The van der Waals surface area contributed by atoms with Crippen LogP contribution in [0.3, 0.4) is 0 Å². The molecule has 0 spiro atoms. The molecule has 1 N–H and O–H groups in total. The molecule has 4 aromatic rings. The van der Waals surface area contributed by atoms with Crippen LogP contribution in [0.2, 0.25) is 0 Å². The van der Waals surface area contributed by atoms with E-state index in [1.807, 2.05) is 65.4 Å². The zero-order valence-electron chi connectivity index (χ0n) is 24.1. The summed E-state index contributed by atoms with van der Waals surface area (Å²) in [6, 6.07) is 25.2. The third-order valence-electron chi connectivity index (χ3n) is 9.57. The molecule has 4 heterocycles. The summed E-state index contributed by atoms with van der Waals surface area (Å²) in [5, 5.41) is 22.9. The van der Waals surface area contributed by atoms with E-state index in [4.69, 9.17) is 0 Å². The summed E-state index contributed by atoms with van der Waals surface area (Å²) in [5.41, 5.74) is 3.55. The Morgan fingerprint density at radius 1 is 1.02 bits per heavy atom. The molecule has 4 nitrogen and oxygen atoms in total. The highest BCUT2D eigenvalue weighted by Crippen LogP contribution is 2.48. The number of aliphatic hydroxyl groups excluding tert-OH is 1. The van der Waals surface area contributed by atoms with Crippen LogP contribution >= 0.6 is 0 Å². The number of piperidine rings is 3. The number of nitrogens with zero attached hydrogens (tertiary/aromatic N) is 3. The molecule has 9 heteroatoms. The molecule has 3 aromatic carbocycles. The largest absolute Gasteiger partial charge is 1.00 e. The summed E-state index contributed by atoms with van der Waals surface area (Å²) in [7, 11) is 0. The average Bonchev–Trinajstić information content (AvgIpc) is 3.01. The fourth-order valence-electron chi connectivity index (χ4n) is 7.40. The first-order valence-electron chi connectivity index (χ1n) is 14.4. The number of nitriles is 1. The summed E-state index contributed by atoms with van der Waals surface area (Å²) in [4.78, 5) is 0. The molecule has 1 unspecified atom stereocenters. The number of halogens is 5. The second-order valence-corrected chi connectivity index (χ2v) is 11.9. The highest BCUT2D eigenvalue weighted by molar-refractivity contribution is 5.79. The van der Waals surface area contributed by atoms with E-state index in [-0.39, 0.29) is 40.0 Å². The SMILES string of the molecule is C=C[C@H]1C[N@+]2(Cc3ccccc3C#N)CC[C@H]1C[C@H]2C(O)c1cc[n+](Cc2ccc(C(F)(F)F)cc2)c2ccccc12.[Br-].[Br-]. The molecule has 0 amide bonds. The standard InChI is InChI=1S/C35H34F3N3O.2BrH/c1-2-25-22-41(23-28-8-4-3-7-27(28)20-39)18-16-26(25)19-33(41)34(42)31-15-17-40(32-10-6-5-9-30(31)32)21-24-11-13-29(14-12-24)35(36,37)38;;/h2-15,17,25-26,33-34,42H,1,16,18-19,21-23H2;2*1H/q+2;;/p-2/t25-,26-,33-,34?,41-;;/m0../s1. The third-order valence-corrected chi connectivity index (χ3v) is 9.57. The Morgan fingerprint density at radius 2 is 1.73 bits per heavy atom. The predicted molar refractivity (Wildman–Crippen MR) is 155 cm³/mol. The summed E-state index contributed by atoms with van der Waals surface area (Å²) in [5.74, 6) is 0.836. The van der Waals surface area contributed by atoms with Gasteiger partial charge in [-0.2, -0.15) is 23.0 Å². The average molecular weight is 729 g/mol. The number of para-hydroxylation sites is 1. The minimum absolute atomic E-state index is 0. The van der Waals surface area contributed by atoms with Gasteiger partial charge in [0, 0.05) is 47.6 Å². The highest BCUT2D eigenvalue weighted by atomic mass is 79.9. The number of aliphatic hydroxyl groups is 1. The minimum Gasteiger partial charge on any atom is -1.00 e. The van der Waals surface area contributed by atoms with E-state index in [0.717, 1.165) is 65.7 Å². The van der Waals surface area contributed by atoms with Gasteiger partial charge in [-0.25, -0.2) is 0 Å². The van der Waals surface area contributed by atoms with Gasteiger partial charge in [-0.1, -0.05) is 48.5 Å². The van der Waals surface area contributed by atoms with E-state index in [0.29, 0.717) is 35.0 Å². The minimum atomic E-state index is -4.37. The summed E-state index contributed by atoms with van der Waals surface area (Å²) >= 11 is 0. The molecule has 5 atom stereocenters. The van der Waals surface area contributed by atoms with Crippen molar-refractivity contribution in [2.45, 2.75) is 44.3 Å². The van der Waals surface area contributed by atoms with Gasteiger partial charge in [-0.05, 0) is 30.2 Å². The fourth-order valence-corrected chi connectivity index (χ4v) is 7.40. The van der Waals surface area contributed by atoms with Crippen LogP contribution in [0, 0.1) is 23.2 Å². The highest BCUT2D eigenvalue weighted by Gasteiger charge is 2.54. The van der Waals surface area contributed by atoms with Gasteiger partial charge < -0.3 is 43.6 Å². The molecule has 3 fully saturated rings. The van der Waals surface area contributed by atoms with Gasteiger partial charge in [0.15, 0.2) is 12.7 Å². The first-order valence-corrected chi connectivity index (χ1v) is 14.4. The molecule has 44 heavy (non-hydrogen) atoms. The summed E-state index contributed by atoms with van der Waals surface area (Å²) in [6.07, 6.45) is 0.846. The topological polar surface area (TPSA) is 47.9 Å². The van der Waals surface area contributed by atoms with Crippen molar-refractivity contribution in [3.63, 3.8) is 0 Å². The molecule has 1 aromatic heterocycles. The van der Waals surface area contributed by atoms with Crippen molar-refractivity contribution < 1.29 is 61.3 Å². The molecule has 0 saturated carbocycles. The van der Waals surface area contributed by atoms with Gasteiger partial charge in [0.25, 0.3) is 0 Å². The lowest BCUT2D eigenvalue weighted by Crippen LogP contribution is -3.00. The molecule has 7 rings (SSSR count). The number of rotatable bonds is 7. The van der Waals surface area contributed by atoms with Crippen LogP contribution in [0.5, 0.6) is 0 Å². The summed E-state index contributed by atoms with van der Waals surface area (Å²) < 4.78 is 41.9. The Bertz CT molecular complexity index is 1670. The second kappa shape index (κ2) is 13.5. The molecular weight excluding hydrogens is 695 g/mol. The van der Waals surface area contributed by atoms with Crippen molar-refractivity contribution in [3.8, 4) is 6.07 Å². The van der Waals surface area contributed by atoms with Crippen LogP contribution in [0.1, 0.15) is 46.8 Å². The Kier molecular flexibility index (Phi) is 10.4. The monoisotopic (exact) mass is 727 g/mol. The Balaban J connectivity index is 0.00000221. The van der Waals surface area contributed by atoms with Crippen molar-refractivity contribution in [1.82, 2.24) is 0 Å². The van der Waals surface area contributed by atoms with Gasteiger partial charge in [0.05, 0.1) is 35.7 Å². The van der Waals surface area contributed by atoms with Gasteiger partial charge >= 0.3 is 6.18 Å². The Labute approximate surface area is 277 Å². The molecule has 3 saturated heterocycles. The van der Waals surface area contributed by atoms with Crippen molar-refractivity contribution in [2.75, 3.05) is 13.1 Å². The maximum absolute atomic E-state index is 13.1. The Morgan fingerprint density at radius 3 is 2.43 bits per heavy atom. The van der Waals surface area contributed by atoms with E-state index in [1.54, 1.807) is 0 Å². The number of aromatic nitrogens is 1. The van der Waals surface area contributed by atoms with Crippen molar-refractivity contribution in [1.29, 1.82) is 5.26 Å². The van der Waals surface area contributed by atoms with Crippen molar-refractivity contribution >= 4 is 10.9 Å². The molecular formula is C35H34Br2F3N3O. The predicted octanol–water partition coefficient (Wildman–Crippen LogP) is 0.719. The smallest absolute Gasteiger partial charge is 0.416 e. The number of alkyl halides is 3. The van der Waals surface area contributed by atoms with E-state index < -0.39 is 17.8 Å². The number of hydrogen-bond donors (Lipinski definition) is 1. The van der Waals surface area contributed by atoms with E-state index in [9.17, 15) is 23.5 Å². The number of fused-ring (bicyclic) bond motifs is 4. The van der Waals surface area contributed by atoms with Gasteiger partial charge in [0.1, 0.15) is 18.7 Å². The van der Waals surface area contributed by atoms with Crippen LogP contribution < -0.4 is 38.5 Å². The van der Waals surface area contributed by atoms with E-state index in [2.05, 4.69) is 18.7 Å². The first kappa shape index (κ1) is 33.9. The lowest BCUT2D eigenvalue weighted by Gasteiger charge is -2.58. The fraction of sp³-hybridized carbons (Fsp3) is 0.314. The number of hydrogen-bond acceptors (Lipinski definition) is 2. The quantitative estimate of drug-likeness (QED) is 0.174. The second-order valence-electron chi connectivity index (χ2n) is 11.9. The molecule has 3 aliphatic heterocycles. The maximum atomic E-state index is 13.1. The van der Waals surface area contributed by atoms with Crippen LogP contribution in [0.15, 0.2) is 97.7 Å². The number of pyridine rings is 1. The zero-order chi connectivity index (χ0) is 29.5. The van der Waals surface area contributed by atoms with Gasteiger partial charge in [-0.3, -0.25) is 0 Å². The van der Waals surface area contributed by atoms with E-state index >= 15 is 0 Å². The normalized spacial score (nSPS) is 23.2. The number of benzene rings is 3. The first-order chi connectivity index (χ1) is 20.2. The van der Waals surface area contributed by atoms with Gasteiger partial charge in [-0.15, -0.1) is 6.58 Å². The maximum Gasteiger partial charge on any atom is 0.416 e. The zero-order valence-corrected chi connectivity index (χ0v) is 27.3. The van der Waals surface area contributed by atoms with Crippen LogP contribution in [0.25, 0.3) is 10.9 Å². The molecule has 0 aliphatic carbocycles.